The summed E-state index contributed by atoms with van der Waals surface area (Å²) in [5.74, 6) is 0.717. The molecule has 0 aromatic rings. The van der Waals surface area contributed by atoms with Crippen molar-refractivity contribution in [3.63, 3.8) is 0 Å². The second kappa shape index (κ2) is 9.18. The predicted octanol–water partition coefficient (Wildman–Crippen LogP) is 4.07. The van der Waals surface area contributed by atoms with E-state index in [0.717, 1.165) is 44.9 Å². The Balaban J connectivity index is 1.49. The number of unbranched alkanes of at least 4 members (excludes halogenated alkanes) is 1. The highest BCUT2D eigenvalue weighted by Crippen LogP contribution is 2.48. The number of aliphatic carboxylic acids is 1. The summed E-state index contributed by atoms with van der Waals surface area (Å²) >= 11 is 0. The minimum Gasteiger partial charge on any atom is -0.481 e. The van der Waals surface area contributed by atoms with Gasteiger partial charge in [-0.2, -0.15) is 0 Å². The van der Waals surface area contributed by atoms with Crippen LogP contribution in [-0.4, -0.2) is 33.5 Å². The Hall–Kier alpha value is -1.13. The molecule has 0 amide bonds. The van der Waals surface area contributed by atoms with Crippen molar-refractivity contribution in [2.24, 2.45) is 23.7 Å². The molecule has 0 spiro atoms. The first-order valence-electron chi connectivity index (χ1n) is 10.5. The summed E-state index contributed by atoms with van der Waals surface area (Å²) < 4.78 is 0. The number of hydrogen-bond donors (Lipinski definition) is 3. The van der Waals surface area contributed by atoms with Crippen LogP contribution < -0.4 is 0 Å². The maximum Gasteiger partial charge on any atom is 0.303 e. The molecule has 4 heteroatoms. The van der Waals surface area contributed by atoms with E-state index in [9.17, 15) is 15.0 Å². The van der Waals surface area contributed by atoms with Crippen molar-refractivity contribution >= 4 is 5.97 Å². The van der Waals surface area contributed by atoms with Crippen molar-refractivity contribution < 1.29 is 20.1 Å². The number of allylic oxidation sites excluding steroid dienone is 2. The van der Waals surface area contributed by atoms with Crippen molar-refractivity contribution in [1.82, 2.24) is 0 Å². The third-order valence-electron chi connectivity index (χ3n) is 6.75. The number of rotatable bonds is 8. The molecule has 2 saturated carbocycles. The number of aliphatic hydroxyl groups excluding tert-OH is 2. The zero-order valence-electron chi connectivity index (χ0n) is 15.7. The van der Waals surface area contributed by atoms with Gasteiger partial charge in [0.25, 0.3) is 0 Å². The SMILES string of the molecule is O=C(O)CCCCC1=C[C@H]2C[C@H](O)[C@@H](/C=C/[C@@H](O)C3CCCCC3)[C@H]2C1. The number of aliphatic hydroxyl groups is 2. The molecule has 3 rings (SSSR count). The minimum atomic E-state index is -0.716. The van der Waals surface area contributed by atoms with Crippen LogP contribution in [0.1, 0.15) is 70.6 Å². The molecule has 0 heterocycles. The molecule has 146 valence electrons. The Morgan fingerprint density at radius 1 is 1.23 bits per heavy atom. The van der Waals surface area contributed by atoms with Crippen LogP contribution in [0.25, 0.3) is 0 Å². The van der Waals surface area contributed by atoms with E-state index < -0.39 is 5.97 Å². The van der Waals surface area contributed by atoms with Gasteiger partial charge >= 0.3 is 5.97 Å². The normalized spacial score (nSPS) is 33.4. The van der Waals surface area contributed by atoms with E-state index in [4.69, 9.17) is 5.11 Å². The maximum absolute atomic E-state index is 10.6. The van der Waals surface area contributed by atoms with E-state index in [0.29, 0.717) is 17.8 Å². The lowest BCUT2D eigenvalue weighted by molar-refractivity contribution is -0.137. The van der Waals surface area contributed by atoms with Crippen LogP contribution in [0.15, 0.2) is 23.8 Å². The minimum absolute atomic E-state index is 0.144. The quantitative estimate of drug-likeness (QED) is 0.449. The zero-order valence-corrected chi connectivity index (χ0v) is 15.7. The van der Waals surface area contributed by atoms with E-state index in [1.807, 2.05) is 6.08 Å². The highest BCUT2D eigenvalue weighted by molar-refractivity contribution is 5.66. The Bertz CT molecular complexity index is 532. The van der Waals surface area contributed by atoms with Gasteiger partial charge in [0.1, 0.15) is 0 Å². The highest BCUT2D eigenvalue weighted by atomic mass is 16.4. The van der Waals surface area contributed by atoms with Crippen molar-refractivity contribution in [1.29, 1.82) is 0 Å². The lowest BCUT2D eigenvalue weighted by atomic mass is 9.83. The largest absolute Gasteiger partial charge is 0.481 e. The van der Waals surface area contributed by atoms with Gasteiger partial charge in [0.15, 0.2) is 0 Å². The van der Waals surface area contributed by atoms with Crippen LogP contribution in [0.2, 0.25) is 0 Å². The van der Waals surface area contributed by atoms with Gasteiger partial charge < -0.3 is 15.3 Å². The van der Waals surface area contributed by atoms with Gasteiger partial charge in [0.2, 0.25) is 0 Å². The first-order chi connectivity index (χ1) is 12.5. The van der Waals surface area contributed by atoms with Crippen LogP contribution in [0.3, 0.4) is 0 Å². The molecule has 0 bridgehead atoms. The van der Waals surface area contributed by atoms with Crippen LogP contribution in [0, 0.1) is 23.7 Å². The average molecular weight is 363 g/mol. The first-order valence-corrected chi connectivity index (χ1v) is 10.5. The summed E-state index contributed by atoms with van der Waals surface area (Å²) in [6.07, 6.45) is 16.4. The number of fused-ring (bicyclic) bond motifs is 1. The summed E-state index contributed by atoms with van der Waals surface area (Å²) in [5, 5.41) is 29.7. The third-order valence-corrected chi connectivity index (χ3v) is 6.75. The summed E-state index contributed by atoms with van der Waals surface area (Å²) in [7, 11) is 0. The molecule has 4 nitrogen and oxygen atoms in total. The van der Waals surface area contributed by atoms with Gasteiger partial charge in [-0.15, -0.1) is 0 Å². The average Bonchev–Trinajstić information content (AvgIpc) is 3.14. The Kier molecular flexibility index (Phi) is 6.93. The summed E-state index contributed by atoms with van der Waals surface area (Å²) in [5.41, 5.74) is 1.43. The molecule has 0 saturated heterocycles. The number of hydrogen-bond acceptors (Lipinski definition) is 3. The molecule has 3 aliphatic rings. The number of carboxylic acids is 1. The molecule has 26 heavy (non-hydrogen) atoms. The van der Waals surface area contributed by atoms with E-state index in [1.54, 1.807) is 0 Å². The predicted molar refractivity (Wildman–Crippen MR) is 102 cm³/mol. The molecule has 5 atom stereocenters. The summed E-state index contributed by atoms with van der Waals surface area (Å²) in [6.45, 7) is 0. The molecule has 3 aliphatic carbocycles. The Morgan fingerprint density at radius 2 is 2.00 bits per heavy atom. The fraction of sp³-hybridized carbons (Fsp3) is 0.773. The van der Waals surface area contributed by atoms with Gasteiger partial charge in [-0.1, -0.05) is 43.1 Å². The molecular formula is C22H34O4. The van der Waals surface area contributed by atoms with Gasteiger partial charge in [0.05, 0.1) is 12.2 Å². The van der Waals surface area contributed by atoms with Crippen molar-refractivity contribution in [3.8, 4) is 0 Å². The van der Waals surface area contributed by atoms with Crippen LogP contribution in [0.5, 0.6) is 0 Å². The van der Waals surface area contributed by atoms with Gasteiger partial charge in [-0.3, -0.25) is 4.79 Å². The highest BCUT2D eigenvalue weighted by Gasteiger charge is 2.43. The molecule has 0 unspecified atom stereocenters. The summed E-state index contributed by atoms with van der Waals surface area (Å²) in [6, 6.07) is 0. The van der Waals surface area contributed by atoms with Crippen LogP contribution >= 0.6 is 0 Å². The molecule has 0 aromatic heterocycles. The second-order valence-corrected chi connectivity index (χ2v) is 8.61. The monoisotopic (exact) mass is 362 g/mol. The molecule has 2 fully saturated rings. The number of carbonyl (C=O) groups is 1. The second-order valence-electron chi connectivity index (χ2n) is 8.61. The lowest BCUT2D eigenvalue weighted by Gasteiger charge is -2.25. The van der Waals surface area contributed by atoms with E-state index in [-0.39, 0.29) is 24.5 Å². The zero-order chi connectivity index (χ0) is 18.5. The smallest absolute Gasteiger partial charge is 0.303 e. The van der Waals surface area contributed by atoms with Crippen LogP contribution in [-0.2, 0) is 4.79 Å². The first kappa shape index (κ1) is 19.6. The molecule has 0 aromatic carbocycles. The summed E-state index contributed by atoms with van der Waals surface area (Å²) in [4.78, 5) is 10.6. The molecule has 0 radical (unpaired) electrons. The maximum atomic E-state index is 10.6. The van der Waals surface area contributed by atoms with Crippen LogP contribution in [0.4, 0.5) is 0 Å². The molecular weight excluding hydrogens is 328 g/mol. The van der Waals surface area contributed by atoms with Crippen molar-refractivity contribution in [3.05, 3.63) is 23.8 Å². The van der Waals surface area contributed by atoms with Crippen molar-refractivity contribution in [2.45, 2.75) is 82.8 Å². The lowest BCUT2D eigenvalue weighted by Crippen LogP contribution is -2.22. The van der Waals surface area contributed by atoms with E-state index >= 15 is 0 Å². The topological polar surface area (TPSA) is 77.8 Å². The van der Waals surface area contributed by atoms with Gasteiger partial charge in [-0.25, -0.2) is 0 Å². The van der Waals surface area contributed by atoms with E-state index in [1.165, 1.54) is 24.8 Å². The number of carboxylic acid groups (broad SMARTS) is 1. The Morgan fingerprint density at radius 3 is 2.73 bits per heavy atom. The van der Waals surface area contributed by atoms with Gasteiger partial charge in [0, 0.05) is 12.3 Å². The fourth-order valence-electron chi connectivity index (χ4n) is 5.29. The van der Waals surface area contributed by atoms with Gasteiger partial charge in [-0.05, 0) is 62.7 Å². The Labute approximate surface area is 157 Å². The molecule has 0 aliphatic heterocycles. The van der Waals surface area contributed by atoms with Crippen molar-refractivity contribution in [2.75, 3.05) is 0 Å². The van der Waals surface area contributed by atoms with E-state index in [2.05, 4.69) is 12.2 Å². The fourth-order valence-corrected chi connectivity index (χ4v) is 5.29. The molecule has 3 N–H and O–H groups in total. The third kappa shape index (κ3) is 4.98. The standard InChI is InChI=1S/C22H34O4/c23-20(16-7-2-1-3-8-16)11-10-18-19-13-15(6-4-5-9-22(25)26)12-17(19)14-21(18)24/h10-12,16-21,23-24H,1-9,13-14H2,(H,25,26)/b11-10+/t17-,18-,19-,20+,21-/m0/s1.